The van der Waals surface area contributed by atoms with Crippen molar-refractivity contribution in [1.82, 2.24) is 15.2 Å². The number of aromatic amines is 1. The number of aryl methyl sites for hydroxylation is 1. The normalized spacial score (nSPS) is 16.0. The number of hydrogen-bond donors (Lipinski definition) is 3. The molecule has 1 aliphatic rings. The summed E-state index contributed by atoms with van der Waals surface area (Å²) >= 11 is 4.91. The fourth-order valence-corrected chi connectivity index (χ4v) is 5.05. The van der Waals surface area contributed by atoms with E-state index in [1.807, 2.05) is 12.1 Å². The molecule has 28 heavy (non-hydrogen) atoms. The SMILES string of the molecule is CCc1c(SC)[nH]c2c(CN3CCC(CCNC(=O)CBr)CC3)c(O)ccc12. The summed E-state index contributed by atoms with van der Waals surface area (Å²) in [5.74, 6) is 1.10. The summed E-state index contributed by atoms with van der Waals surface area (Å²) in [5, 5.41) is 16.3. The highest BCUT2D eigenvalue weighted by Gasteiger charge is 2.22. The molecule has 154 valence electrons. The quantitative estimate of drug-likeness (QED) is 0.400. The van der Waals surface area contributed by atoms with Gasteiger partial charge in [-0.2, -0.15) is 0 Å². The van der Waals surface area contributed by atoms with Gasteiger partial charge >= 0.3 is 0 Å². The molecule has 2 aromatic rings. The van der Waals surface area contributed by atoms with Crippen molar-refractivity contribution in [1.29, 1.82) is 0 Å². The fraction of sp³-hybridized carbons (Fsp3) is 0.571. The molecule has 0 saturated carbocycles. The lowest BCUT2D eigenvalue weighted by Crippen LogP contribution is -2.35. The monoisotopic (exact) mass is 467 g/mol. The minimum atomic E-state index is 0.0583. The van der Waals surface area contributed by atoms with E-state index in [9.17, 15) is 9.90 Å². The van der Waals surface area contributed by atoms with Crippen molar-refractivity contribution in [2.24, 2.45) is 5.92 Å². The van der Waals surface area contributed by atoms with Crippen LogP contribution in [0.5, 0.6) is 5.75 Å². The maximum Gasteiger partial charge on any atom is 0.230 e. The number of nitrogens with zero attached hydrogens (tertiary/aromatic N) is 1. The lowest BCUT2D eigenvalue weighted by atomic mass is 9.93. The number of phenolic OH excluding ortho intramolecular Hbond substituents is 1. The van der Waals surface area contributed by atoms with E-state index in [1.165, 1.54) is 16.0 Å². The second-order valence-corrected chi connectivity index (χ2v) is 8.85. The van der Waals surface area contributed by atoms with Gasteiger partial charge in [0.15, 0.2) is 0 Å². The third-order valence-corrected chi connectivity index (χ3v) is 7.03. The summed E-state index contributed by atoms with van der Waals surface area (Å²) in [7, 11) is 0. The van der Waals surface area contributed by atoms with E-state index < -0.39 is 0 Å². The smallest absolute Gasteiger partial charge is 0.230 e. The molecule has 1 saturated heterocycles. The standard InChI is InChI=1S/C21H30BrN3O2S/c1-3-15-16-4-5-18(26)17(20(16)24-21(15)28-2)13-25-10-7-14(8-11-25)6-9-23-19(27)12-22/h4-5,14,24,26H,3,6-13H2,1-2H3,(H,23,27). The van der Waals surface area contributed by atoms with Crippen LogP contribution >= 0.6 is 27.7 Å². The van der Waals surface area contributed by atoms with E-state index in [2.05, 4.69) is 44.3 Å². The molecular weight excluding hydrogens is 438 g/mol. The van der Waals surface area contributed by atoms with Gasteiger partial charge in [0.1, 0.15) is 5.75 Å². The van der Waals surface area contributed by atoms with Crippen molar-refractivity contribution in [2.75, 3.05) is 31.2 Å². The summed E-state index contributed by atoms with van der Waals surface area (Å²) in [6.07, 6.45) is 6.40. The molecule has 0 radical (unpaired) electrons. The number of amides is 1. The van der Waals surface area contributed by atoms with E-state index in [1.54, 1.807) is 11.8 Å². The number of nitrogens with one attached hydrogen (secondary N) is 2. The number of fused-ring (bicyclic) bond motifs is 1. The number of aromatic nitrogens is 1. The Morgan fingerprint density at radius 1 is 1.36 bits per heavy atom. The number of benzene rings is 1. The molecule has 0 atom stereocenters. The molecule has 1 aromatic carbocycles. The maximum absolute atomic E-state index is 11.3. The van der Waals surface area contributed by atoms with Crippen molar-refractivity contribution in [3.05, 3.63) is 23.3 Å². The van der Waals surface area contributed by atoms with Gasteiger partial charge in [0, 0.05) is 24.0 Å². The summed E-state index contributed by atoms with van der Waals surface area (Å²) in [5.41, 5.74) is 3.43. The summed E-state index contributed by atoms with van der Waals surface area (Å²) in [6.45, 7) is 5.77. The highest BCUT2D eigenvalue weighted by Crippen LogP contribution is 2.35. The maximum atomic E-state index is 11.3. The Morgan fingerprint density at radius 3 is 2.75 bits per heavy atom. The molecule has 0 spiro atoms. The second-order valence-electron chi connectivity index (χ2n) is 7.47. The van der Waals surface area contributed by atoms with Crippen molar-refractivity contribution < 1.29 is 9.90 Å². The highest BCUT2D eigenvalue weighted by atomic mass is 79.9. The first-order valence-corrected chi connectivity index (χ1v) is 12.4. The number of rotatable bonds is 8. The van der Waals surface area contributed by atoms with Crippen LogP contribution in [0, 0.1) is 5.92 Å². The van der Waals surface area contributed by atoms with E-state index in [4.69, 9.17) is 0 Å². The van der Waals surface area contributed by atoms with Crippen LogP contribution in [0.2, 0.25) is 0 Å². The van der Waals surface area contributed by atoms with Crippen LogP contribution in [0.4, 0.5) is 0 Å². The number of thioether (sulfide) groups is 1. The predicted octanol–water partition coefficient (Wildman–Crippen LogP) is 4.27. The van der Waals surface area contributed by atoms with Gasteiger partial charge in [-0.05, 0) is 68.6 Å². The first kappa shape index (κ1) is 21.5. The minimum absolute atomic E-state index is 0.0583. The van der Waals surface area contributed by atoms with Crippen LogP contribution in [-0.4, -0.2) is 52.1 Å². The van der Waals surface area contributed by atoms with Crippen molar-refractivity contribution in [3.63, 3.8) is 0 Å². The van der Waals surface area contributed by atoms with Gasteiger partial charge < -0.3 is 15.4 Å². The molecular formula is C21H30BrN3O2S. The molecule has 3 rings (SSSR count). The Morgan fingerprint density at radius 2 is 2.11 bits per heavy atom. The Bertz CT molecular complexity index is 816. The molecule has 0 unspecified atom stereocenters. The first-order chi connectivity index (χ1) is 13.6. The van der Waals surface area contributed by atoms with Crippen LogP contribution in [0.1, 0.15) is 37.3 Å². The Balaban J connectivity index is 1.63. The number of alkyl halides is 1. The van der Waals surface area contributed by atoms with Crippen LogP contribution in [-0.2, 0) is 17.8 Å². The third-order valence-electron chi connectivity index (χ3n) is 5.77. The zero-order chi connectivity index (χ0) is 20.1. The van der Waals surface area contributed by atoms with Crippen LogP contribution in [0.25, 0.3) is 10.9 Å². The fourth-order valence-electron chi connectivity index (χ4n) is 4.15. The minimum Gasteiger partial charge on any atom is -0.508 e. The number of H-pyrrole nitrogens is 1. The molecule has 5 nitrogen and oxygen atoms in total. The molecule has 7 heteroatoms. The molecule has 1 aliphatic heterocycles. The number of likely N-dealkylation sites (tertiary alicyclic amines) is 1. The Kier molecular flexibility index (Phi) is 7.71. The van der Waals surface area contributed by atoms with E-state index in [-0.39, 0.29) is 5.91 Å². The predicted molar refractivity (Wildman–Crippen MR) is 121 cm³/mol. The van der Waals surface area contributed by atoms with E-state index in [0.29, 0.717) is 17.0 Å². The number of hydrogen-bond acceptors (Lipinski definition) is 4. The van der Waals surface area contributed by atoms with Gasteiger partial charge in [-0.15, -0.1) is 11.8 Å². The van der Waals surface area contributed by atoms with Gasteiger partial charge in [-0.25, -0.2) is 0 Å². The topological polar surface area (TPSA) is 68.4 Å². The number of halogens is 1. The lowest BCUT2D eigenvalue weighted by Gasteiger charge is -2.32. The van der Waals surface area contributed by atoms with Crippen molar-refractivity contribution >= 4 is 44.5 Å². The largest absolute Gasteiger partial charge is 0.508 e. The van der Waals surface area contributed by atoms with Crippen LogP contribution in [0.3, 0.4) is 0 Å². The van der Waals surface area contributed by atoms with Crippen LogP contribution in [0.15, 0.2) is 17.2 Å². The molecule has 3 N–H and O–H groups in total. The number of phenols is 1. The van der Waals surface area contributed by atoms with Gasteiger partial charge in [0.25, 0.3) is 0 Å². The average Bonchev–Trinajstić information content (AvgIpc) is 3.09. The number of carbonyl (C=O) groups is 1. The van der Waals surface area contributed by atoms with Crippen molar-refractivity contribution in [3.8, 4) is 5.75 Å². The molecule has 1 amide bonds. The van der Waals surface area contributed by atoms with Gasteiger partial charge in [-0.1, -0.05) is 22.9 Å². The number of aromatic hydroxyl groups is 1. The first-order valence-electron chi connectivity index (χ1n) is 10.0. The van der Waals surface area contributed by atoms with Gasteiger partial charge in [0.2, 0.25) is 5.91 Å². The molecule has 1 aromatic heterocycles. The summed E-state index contributed by atoms with van der Waals surface area (Å²) in [6, 6.07) is 3.88. The molecule has 1 fully saturated rings. The van der Waals surface area contributed by atoms with Crippen molar-refractivity contribution in [2.45, 2.75) is 44.2 Å². The summed E-state index contributed by atoms with van der Waals surface area (Å²) < 4.78 is 0. The van der Waals surface area contributed by atoms with E-state index >= 15 is 0 Å². The van der Waals surface area contributed by atoms with Gasteiger partial charge in [-0.3, -0.25) is 9.69 Å². The van der Waals surface area contributed by atoms with E-state index in [0.717, 1.165) is 62.9 Å². The number of piperidine rings is 1. The van der Waals surface area contributed by atoms with Crippen LogP contribution < -0.4 is 5.32 Å². The lowest BCUT2D eigenvalue weighted by molar-refractivity contribution is -0.118. The Hall–Kier alpha value is -1.18. The molecule has 2 heterocycles. The third kappa shape index (κ3) is 4.86. The zero-order valence-corrected chi connectivity index (χ0v) is 19.1. The second kappa shape index (κ2) is 10.0. The number of carbonyl (C=O) groups excluding carboxylic acids is 1. The molecule has 0 aliphatic carbocycles. The summed E-state index contributed by atoms with van der Waals surface area (Å²) in [4.78, 5) is 17.3. The molecule has 0 bridgehead atoms. The zero-order valence-electron chi connectivity index (χ0n) is 16.7. The average molecular weight is 468 g/mol. The highest BCUT2D eigenvalue weighted by molar-refractivity contribution is 9.09. The Labute approximate surface area is 179 Å². The van der Waals surface area contributed by atoms with Gasteiger partial charge in [0.05, 0.1) is 15.9 Å².